The predicted octanol–water partition coefficient (Wildman–Crippen LogP) is 3.35. The molecular formula is C21H19NO3. The molecular weight excluding hydrogens is 314 g/mol. The van der Waals surface area contributed by atoms with Gasteiger partial charge in [0.1, 0.15) is 6.04 Å². The maximum Gasteiger partial charge on any atom is 0.328 e. The highest BCUT2D eigenvalue weighted by molar-refractivity contribution is 5.96. The van der Waals surface area contributed by atoms with Crippen molar-refractivity contribution in [3.63, 3.8) is 0 Å². The average Bonchev–Trinajstić information content (AvgIpc) is 2.67. The number of fused-ring (bicyclic) bond motifs is 1. The third-order valence-electron chi connectivity index (χ3n) is 4.08. The normalized spacial score (nSPS) is 11.7. The monoisotopic (exact) mass is 333 g/mol. The Kier molecular flexibility index (Phi) is 5.09. The number of carbonyl (C=O) groups is 2. The van der Waals surface area contributed by atoms with Gasteiger partial charge in [-0.15, -0.1) is 0 Å². The molecule has 0 aliphatic carbocycles. The first-order valence-corrected chi connectivity index (χ1v) is 8.09. The number of nitrogens with one attached hydrogen (secondary N) is 1. The molecule has 0 aliphatic heterocycles. The zero-order valence-corrected chi connectivity index (χ0v) is 13.9. The SMILES string of the molecule is COC(=O)[C@@H](Cc1ccc2ccccc2c1)NC(=O)c1ccccc1. The Morgan fingerprint density at radius 3 is 2.32 bits per heavy atom. The Morgan fingerprint density at radius 1 is 0.920 bits per heavy atom. The van der Waals surface area contributed by atoms with E-state index in [1.807, 2.05) is 48.5 Å². The number of carbonyl (C=O) groups excluding carboxylic acids is 2. The number of amides is 1. The van der Waals surface area contributed by atoms with E-state index >= 15 is 0 Å². The van der Waals surface area contributed by atoms with Gasteiger partial charge in [0.25, 0.3) is 5.91 Å². The van der Waals surface area contributed by atoms with Gasteiger partial charge in [0, 0.05) is 12.0 Å². The molecule has 0 heterocycles. The first-order chi connectivity index (χ1) is 12.2. The molecule has 4 heteroatoms. The van der Waals surface area contributed by atoms with Gasteiger partial charge in [-0.3, -0.25) is 4.79 Å². The topological polar surface area (TPSA) is 55.4 Å². The maximum atomic E-state index is 12.4. The molecule has 1 atom stereocenters. The molecule has 126 valence electrons. The molecule has 0 radical (unpaired) electrons. The first-order valence-electron chi connectivity index (χ1n) is 8.09. The van der Waals surface area contributed by atoms with Crippen molar-refractivity contribution >= 4 is 22.6 Å². The molecule has 0 aromatic heterocycles. The summed E-state index contributed by atoms with van der Waals surface area (Å²) in [5.74, 6) is -0.755. The van der Waals surface area contributed by atoms with Gasteiger partial charge in [-0.25, -0.2) is 4.79 Å². The van der Waals surface area contributed by atoms with Gasteiger partial charge < -0.3 is 10.1 Å². The van der Waals surface area contributed by atoms with E-state index in [0.29, 0.717) is 12.0 Å². The number of esters is 1. The average molecular weight is 333 g/mol. The highest BCUT2D eigenvalue weighted by Crippen LogP contribution is 2.17. The van der Waals surface area contributed by atoms with E-state index in [2.05, 4.69) is 5.32 Å². The summed E-state index contributed by atoms with van der Waals surface area (Å²) in [5.41, 5.74) is 1.47. The molecule has 1 amide bonds. The van der Waals surface area contributed by atoms with Crippen molar-refractivity contribution in [3.8, 4) is 0 Å². The minimum Gasteiger partial charge on any atom is -0.467 e. The van der Waals surface area contributed by atoms with E-state index in [1.54, 1.807) is 24.3 Å². The van der Waals surface area contributed by atoms with E-state index in [1.165, 1.54) is 7.11 Å². The quantitative estimate of drug-likeness (QED) is 0.729. The highest BCUT2D eigenvalue weighted by Gasteiger charge is 2.22. The van der Waals surface area contributed by atoms with Crippen molar-refractivity contribution in [2.45, 2.75) is 12.5 Å². The van der Waals surface area contributed by atoms with Crippen molar-refractivity contribution in [1.29, 1.82) is 0 Å². The zero-order chi connectivity index (χ0) is 17.6. The number of hydrogen-bond acceptors (Lipinski definition) is 3. The summed E-state index contributed by atoms with van der Waals surface area (Å²) < 4.78 is 4.86. The van der Waals surface area contributed by atoms with Gasteiger partial charge in [0.15, 0.2) is 0 Å². The Bertz CT molecular complexity index is 890. The van der Waals surface area contributed by atoms with Crippen LogP contribution in [0.1, 0.15) is 15.9 Å². The van der Waals surface area contributed by atoms with Gasteiger partial charge in [0.2, 0.25) is 0 Å². The molecule has 0 saturated carbocycles. The van der Waals surface area contributed by atoms with Gasteiger partial charge in [-0.1, -0.05) is 60.7 Å². The van der Waals surface area contributed by atoms with Crippen molar-refractivity contribution < 1.29 is 14.3 Å². The summed E-state index contributed by atoms with van der Waals surface area (Å²) in [6, 6.07) is 22.1. The molecule has 0 aliphatic rings. The Hall–Kier alpha value is -3.14. The number of benzene rings is 3. The fourth-order valence-corrected chi connectivity index (χ4v) is 2.77. The van der Waals surface area contributed by atoms with Crippen LogP contribution in [0.25, 0.3) is 10.8 Å². The summed E-state index contributed by atoms with van der Waals surface area (Å²) in [6.45, 7) is 0. The van der Waals surface area contributed by atoms with Crippen LogP contribution in [0.4, 0.5) is 0 Å². The summed E-state index contributed by atoms with van der Waals surface area (Å²) in [4.78, 5) is 24.5. The Morgan fingerprint density at radius 2 is 1.60 bits per heavy atom. The molecule has 0 unspecified atom stereocenters. The van der Waals surface area contributed by atoms with Crippen LogP contribution < -0.4 is 5.32 Å². The van der Waals surface area contributed by atoms with E-state index in [-0.39, 0.29) is 5.91 Å². The smallest absolute Gasteiger partial charge is 0.328 e. The third kappa shape index (κ3) is 4.04. The highest BCUT2D eigenvalue weighted by atomic mass is 16.5. The molecule has 0 spiro atoms. The van der Waals surface area contributed by atoms with Crippen LogP contribution in [0.15, 0.2) is 72.8 Å². The van der Waals surface area contributed by atoms with Crippen LogP contribution in [0, 0.1) is 0 Å². The number of ether oxygens (including phenoxy) is 1. The van der Waals surface area contributed by atoms with Crippen LogP contribution in [-0.2, 0) is 16.0 Å². The lowest BCUT2D eigenvalue weighted by molar-refractivity contribution is -0.142. The molecule has 4 nitrogen and oxygen atoms in total. The van der Waals surface area contributed by atoms with Crippen LogP contribution in [0.3, 0.4) is 0 Å². The second-order valence-corrected chi connectivity index (χ2v) is 5.80. The van der Waals surface area contributed by atoms with Crippen LogP contribution in [0.2, 0.25) is 0 Å². The zero-order valence-electron chi connectivity index (χ0n) is 13.9. The van der Waals surface area contributed by atoms with E-state index in [9.17, 15) is 9.59 Å². The van der Waals surface area contributed by atoms with Gasteiger partial charge in [-0.05, 0) is 28.5 Å². The molecule has 3 rings (SSSR count). The lowest BCUT2D eigenvalue weighted by Crippen LogP contribution is -2.43. The number of rotatable bonds is 5. The molecule has 25 heavy (non-hydrogen) atoms. The number of methoxy groups -OCH3 is 1. The molecule has 1 N–H and O–H groups in total. The maximum absolute atomic E-state index is 12.4. The molecule has 0 bridgehead atoms. The number of hydrogen-bond donors (Lipinski definition) is 1. The second-order valence-electron chi connectivity index (χ2n) is 5.80. The third-order valence-corrected chi connectivity index (χ3v) is 4.08. The van der Waals surface area contributed by atoms with E-state index in [4.69, 9.17) is 4.74 Å². The van der Waals surface area contributed by atoms with Crippen molar-refractivity contribution in [1.82, 2.24) is 5.32 Å². The Labute approximate surface area is 146 Å². The second kappa shape index (κ2) is 7.62. The minimum atomic E-state index is -0.737. The standard InChI is InChI=1S/C21H19NO3/c1-25-21(24)19(22-20(23)17-8-3-2-4-9-17)14-15-11-12-16-7-5-6-10-18(16)13-15/h2-13,19H,14H2,1H3,(H,22,23)/t19-/m1/s1. The molecule has 0 saturated heterocycles. The fraction of sp³-hybridized carbons (Fsp3) is 0.143. The van der Waals surface area contributed by atoms with Crippen molar-refractivity contribution in [2.75, 3.05) is 7.11 Å². The van der Waals surface area contributed by atoms with Gasteiger partial charge in [0.05, 0.1) is 7.11 Å². The van der Waals surface area contributed by atoms with E-state index in [0.717, 1.165) is 16.3 Å². The summed E-state index contributed by atoms with van der Waals surface area (Å²) in [5, 5.41) is 5.00. The first kappa shape index (κ1) is 16.7. The summed E-state index contributed by atoms with van der Waals surface area (Å²) in [7, 11) is 1.32. The lowest BCUT2D eigenvalue weighted by Gasteiger charge is -2.17. The van der Waals surface area contributed by atoms with Crippen molar-refractivity contribution in [3.05, 3.63) is 83.9 Å². The summed E-state index contributed by atoms with van der Waals surface area (Å²) in [6.07, 6.45) is 0.371. The van der Waals surface area contributed by atoms with Gasteiger partial charge >= 0.3 is 5.97 Å². The lowest BCUT2D eigenvalue weighted by atomic mass is 10.0. The van der Waals surface area contributed by atoms with Crippen LogP contribution in [0.5, 0.6) is 0 Å². The van der Waals surface area contributed by atoms with Crippen LogP contribution >= 0.6 is 0 Å². The molecule has 3 aromatic rings. The minimum absolute atomic E-state index is 0.295. The molecule has 0 fully saturated rings. The molecule has 3 aromatic carbocycles. The van der Waals surface area contributed by atoms with E-state index < -0.39 is 12.0 Å². The van der Waals surface area contributed by atoms with Crippen LogP contribution in [-0.4, -0.2) is 25.0 Å². The predicted molar refractivity (Wildman–Crippen MR) is 97.4 cm³/mol. The summed E-state index contributed by atoms with van der Waals surface area (Å²) >= 11 is 0. The van der Waals surface area contributed by atoms with Gasteiger partial charge in [-0.2, -0.15) is 0 Å². The van der Waals surface area contributed by atoms with Crippen molar-refractivity contribution in [2.24, 2.45) is 0 Å². The fourth-order valence-electron chi connectivity index (χ4n) is 2.77. The largest absolute Gasteiger partial charge is 0.467 e. The Balaban J connectivity index is 1.80.